The molecule has 0 fully saturated rings. The molecule has 0 aromatic rings. The molecule has 5 atom stereocenters. The van der Waals surface area contributed by atoms with Crippen molar-refractivity contribution in [1.29, 1.82) is 0 Å². The summed E-state index contributed by atoms with van der Waals surface area (Å²) in [6, 6.07) is -3.95. The van der Waals surface area contributed by atoms with Gasteiger partial charge in [0.1, 0.15) is 12.1 Å². The fourth-order valence-corrected chi connectivity index (χ4v) is 3.01. The van der Waals surface area contributed by atoms with Crippen LogP contribution in [-0.4, -0.2) is 76.1 Å². The molecule has 0 rings (SSSR count). The van der Waals surface area contributed by atoms with Crippen molar-refractivity contribution in [2.45, 2.75) is 56.5 Å². The number of nitrogens with one attached hydrogen (secondary N) is 2. The molecule has 0 unspecified atom stereocenters. The van der Waals surface area contributed by atoms with Gasteiger partial charge in [-0.1, -0.05) is 20.3 Å². The summed E-state index contributed by atoms with van der Waals surface area (Å²) >= 11 is 4.02. The minimum atomic E-state index is -4.28. The van der Waals surface area contributed by atoms with E-state index in [4.69, 9.17) is 20.5 Å². The molecule has 12 nitrogen and oxygen atoms in total. The maximum atomic E-state index is 12.5. The number of carbonyl (C=O) groups is 4. The molecular formula is C15H27N3O9S2. The Morgan fingerprint density at radius 1 is 1.10 bits per heavy atom. The molecule has 0 aliphatic carbocycles. The summed E-state index contributed by atoms with van der Waals surface area (Å²) in [5.41, 5.74) is 5.70. The van der Waals surface area contributed by atoms with Crippen LogP contribution in [0, 0.1) is 5.92 Å². The van der Waals surface area contributed by atoms with E-state index in [2.05, 4.69) is 23.3 Å². The molecule has 0 aliphatic rings. The van der Waals surface area contributed by atoms with Crippen molar-refractivity contribution < 1.29 is 42.4 Å². The number of aliphatic carboxylic acids is 2. The van der Waals surface area contributed by atoms with Gasteiger partial charge >= 0.3 is 11.9 Å². The first-order valence-electron chi connectivity index (χ1n) is 8.63. The lowest BCUT2D eigenvalue weighted by Crippen LogP contribution is -2.57. The zero-order valence-electron chi connectivity index (χ0n) is 15.9. The van der Waals surface area contributed by atoms with Crippen molar-refractivity contribution in [2.24, 2.45) is 11.7 Å². The Balaban J connectivity index is 5.22. The number of hydrogen-bond donors (Lipinski definition) is 7. The smallest absolute Gasteiger partial charge is 0.326 e. The van der Waals surface area contributed by atoms with Gasteiger partial charge in [0.2, 0.25) is 11.8 Å². The van der Waals surface area contributed by atoms with E-state index in [1.54, 1.807) is 13.8 Å². The molecule has 0 bridgehead atoms. The first-order valence-corrected chi connectivity index (χ1v) is 10.8. The average Bonchev–Trinajstić information content (AvgIpc) is 2.60. The van der Waals surface area contributed by atoms with E-state index in [-0.39, 0.29) is 6.42 Å². The number of nitrogens with two attached hydrogens (primary N) is 1. The second-order valence-electron chi connectivity index (χ2n) is 6.55. The van der Waals surface area contributed by atoms with Crippen LogP contribution in [0.2, 0.25) is 0 Å². The van der Waals surface area contributed by atoms with Gasteiger partial charge in [-0.05, 0) is 12.3 Å². The summed E-state index contributed by atoms with van der Waals surface area (Å²) in [7, 11) is -4.28. The lowest BCUT2D eigenvalue weighted by Gasteiger charge is -2.27. The maximum absolute atomic E-state index is 12.5. The van der Waals surface area contributed by atoms with E-state index >= 15 is 0 Å². The van der Waals surface area contributed by atoms with E-state index in [1.807, 2.05) is 0 Å². The van der Waals surface area contributed by atoms with Crippen molar-refractivity contribution in [1.82, 2.24) is 10.6 Å². The summed E-state index contributed by atoms with van der Waals surface area (Å²) in [6.45, 7) is 3.34. The summed E-state index contributed by atoms with van der Waals surface area (Å²) in [5, 5.41) is 21.1. The van der Waals surface area contributed by atoms with Gasteiger partial charge < -0.3 is 26.6 Å². The van der Waals surface area contributed by atoms with Crippen LogP contribution in [0.15, 0.2) is 0 Å². The van der Waals surface area contributed by atoms with Crippen LogP contribution in [0.5, 0.6) is 0 Å². The molecule has 29 heavy (non-hydrogen) atoms. The third kappa shape index (κ3) is 10.4. The molecule has 168 valence electrons. The van der Waals surface area contributed by atoms with Gasteiger partial charge in [-0.2, -0.15) is 21.0 Å². The molecule has 14 heteroatoms. The fourth-order valence-electron chi connectivity index (χ4n) is 2.21. The average molecular weight is 458 g/mol. The second-order valence-corrected chi connectivity index (χ2v) is 8.68. The first kappa shape index (κ1) is 27.1. The Bertz CT molecular complexity index is 714. The Kier molecular flexibility index (Phi) is 11.2. The number of carbonyl (C=O) groups excluding carboxylic acids is 2. The van der Waals surface area contributed by atoms with E-state index in [9.17, 15) is 27.6 Å². The highest BCUT2D eigenvalue weighted by Crippen LogP contribution is 2.12. The van der Waals surface area contributed by atoms with Crippen LogP contribution >= 0.6 is 12.6 Å². The Morgan fingerprint density at radius 2 is 1.66 bits per heavy atom. The van der Waals surface area contributed by atoms with Gasteiger partial charge in [0.15, 0.2) is 0 Å². The lowest BCUT2D eigenvalue weighted by molar-refractivity contribution is -0.147. The van der Waals surface area contributed by atoms with Crippen LogP contribution in [0.4, 0.5) is 0 Å². The molecule has 0 spiro atoms. The predicted octanol–water partition coefficient (Wildman–Crippen LogP) is -1.53. The van der Waals surface area contributed by atoms with Gasteiger partial charge in [-0.25, -0.2) is 4.79 Å². The van der Waals surface area contributed by atoms with Crippen LogP contribution in [0.25, 0.3) is 0 Å². The molecular weight excluding hydrogens is 430 g/mol. The topological polar surface area (TPSA) is 213 Å². The quantitative estimate of drug-likeness (QED) is 0.125. The Hall–Kier alpha value is -1.90. The fraction of sp³-hybridized carbons (Fsp3) is 0.733. The van der Waals surface area contributed by atoms with Gasteiger partial charge in [-0.15, -0.1) is 0 Å². The van der Waals surface area contributed by atoms with Crippen molar-refractivity contribution in [3.8, 4) is 0 Å². The first-order chi connectivity index (χ1) is 13.2. The third-order valence-electron chi connectivity index (χ3n) is 4.17. The largest absolute Gasteiger partial charge is 0.481 e. The number of carboxylic acids is 2. The SMILES string of the molecule is CC[C@H](C)[C@@H](NC(=O)[C@H](S)[C@H](N)CCS(=O)(=O)O)C(=O)N[C@@H](CC(=O)O)C(=O)O. The predicted molar refractivity (Wildman–Crippen MR) is 105 cm³/mol. The molecule has 0 saturated carbocycles. The van der Waals surface area contributed by atoms with Crippen molar-refractivity contribution in [3.05, 3.63) is 0 Å². The summed E-state index contributed by atoms with van der Waals surface area (Å²) in [4.78, 5) is 46.7. The summed E-state index contributed by atoms with van der Waals surface area (Å²) in [5.74, 6) is -5.80. The molecule has 0 aliphatic heterocycles. The molecule has 0 saturated heterocycles. The van der Waals surface area contributed by atoms with Crippen LogP contribution in [-0.2, 0) is 29.3 Å². The highest BCUT2D eigenvalue weighted by atomic mass is 32.2. The van der Waals surface area contributed by atoms with E-state index in [0.717, 1.165) is 0 Å². The second kappa shape index (κ2) is 11.9. The minimum absolute atomic E-state index is 0.264. The van der Waals surface area contributed by atoms with E-state index in [0.29, 0.717) is 6.42 Å². The van der Waals surface area contributed by atoms with E-state index < -0.39 is 75.3 Å². The number of thiol groups is 1. The maximum Gasteiger partial charge on any atom is 0.326 e. The van der Waals surface area contributed by atoms with Crippen molar-refractivity contribution in [2.75, 3.05) is 5.75 Å². The lowest BCUT2D eigenvalue weighted by atomic mass is 9.97. The standard InChI is InChI=1S/C15H27N3O9S2/c1-3-7(2)11(13(21)17-9(15(23)24)6-10(19)20)18-14(22)12(28)8(16)4-5-29(25,26)27/h7-9,11-12,28H,3-6,16H2,1-2H3,(H,17,21)(H,18,22)(H,19,20)(H,23,24)(H,25,26,27)/t7-,8+,9-,11+,12+/m0/s1. The molecule has 0 aromatic heterocycles. The summed E-state index contributed by atoms with van der Waals surface area (Å²) in [6.07, 6.45) is -0.695. The molecule has 0 heterocycles. The molecule has 0 radical (unpaired) electrons. The minimum Gasteiger partial charge on any atom is -0.481 e. The van der Waals surface area contributed by atoms with Gasteiger partial charge in [-0.3, -0.25) is 18.9 Å². The van der Waals surface area contributed by atoms with Gasteiger partial charge in [0.05, 0.1) is 17.4 Å². The summed E-state index contributed by atoms with van der Waals surface area (Å²) < 4.78 is 30.3. The molecule has 7 N–H and O–H groups in total. The van der Waals surface area contributed by atoms with E-state index in [1.165, 1.54) is 0 Å². The highest BCUT2D eigenvalue weighted by Gasteiger charge is 2.33. The van der Waals surface area contributed by atoms with Crippen molar-refractivity contribution in [3.63, 3.8) is 0 Å². The Labute approximate surface area is 173 Å². The third-order valence-corrected chi connectivity index (χ3v) is 5.54. The highest BCUT2D eigenvalue weighted by molar-refractivity contribution is 7.85. The van der Waals surface area contributed by atoms with Gasteiger partial charge in [0, 0.05) is 6.04 Å². The van der Waals surface area contributed by atoms with Crippen LogP contribution in [0.1, 0.15) is 33.1 Å². The Morgan fingerprint density at radius 3 is 2.07 bits per heavy atom. The number of hydrogen-bond acceptors (Lipinski definition) is 8. The molecule has 2 amide bonds. The monoisotopic (exact) mass is 457 g/mol. The zero-order valence-corrected chi connectivity index (χ0v) is 17.7. The van der Waals surface area contributed by atoms with Crippen LogP contribution < -0.4 is 16.4 Å². The zero-order chi connectivity index (χ0) is 22.9. The van der Waals surface area contributed by atoms with Gasteiger partial charge in [0.25, 0.3) is 10.1 Å². The number of rotatable bonds is 13. The number of carboxylic acid groups (broad SMARTS) is 2. The normalized spacial score (nSPS) is 16.7. The number of amides is 2. The van der Waals surface area contributed by atoms with Crippen molar-refractivity contribution >= 4 is 46.5 Å². The van der Waals surface area contributed by atoms with Crippen LogP contribution in [0.3, 0.4) is 0 Å². The molecule has 0 aromatic carbocycles.